The van der Waals surface area contributed by atoms with Gasteiger partial charge in [0, 0.05) is 25.6 Å². The van der Waals surface area contributed by atoms with Crippen LogP contribution in [0.4, 0.5) is 11.4 Å². The highest BCUT2D eigenvalue weighted by Crippen LogP contribution is 2.21. The summed E-state index contributed by atoms with van der Waals surface area (Å²) in [4.78, 5) is 25.0. The van der Waals surface area contributed by atoms with Crippen LogP contribution in [0.2, 0.25) is 0 Å². The second-order valence-electron chi connectivity index (χ2n) is 3.43. The van der Waals surface area contributed by atoms with E-state index in [9.17, 15) is 4.79 Å². The normalized spacial score (nSPS) is 9.94. The predicted octanol–water partition coefficient (Wildman–Crippen LogP) is 0.730. The summed E-state index contributed by atoms with van der Waals surface area (Å²) in [5, 5.41) is 0. The molecule has 0 aromatic carbocycles. The molecule has 0 fully saturated rings. The molecule has 0 radical (unpaired) electrons. The molecule has 6 heteroatoms. The average Bonchev–Trinajstić information content (AvgIpc) is 2.39. The van der Waals surface area contributed by atoms with Crippen LogP contribution in [0.3, 0.4) is 0 Å². The number of hydrogen-bond donors (Lipinski definition) is 1. The zero-order chi connectivity index (χ0) is 12.3. The molecule has 17 heavy (non-hydrogen) atoms. The van der Waals surface area contributed by atoms with Crippen molar-refractivity contribution in [1.29, 1.82) is 0 Å². The Labute approximate surface area is 98.1 Å². The van der Waals surface area contributed by atoms with E-state index in [1.807, 2.05) is 0 Å². The topological polar surface area (TPSA) is 85.0 Å². The van der Waals surface area contributed by atoms with Crippen LogP contribution in [0.1, 0.15) is 10.4 Å². The molecule has 0 spiro atoms. The number of hydrogen-bond acceptors (Lipinski definition) is 5. The van der Waals surface area contributed by atoms with Crippen molar-refractivity contribution in [1.82, 2.24) is 15.0 Å². The quantitative estimate of drug-likeness (QED) is 0.820. The number of nitrogens with two attached hydrogens (primary N) is 1. The zero-order valence-electron chi connectivity index (χ0n) is 9.24. The van der Waals surface area contributed by atoms with Gasteiger partial charge < -0.3 is 10.6 Å². The van der Waals surface area contributed by atoms with Gasteiger partial charge in [0.25, 0.3) is 5.91 Å². The Bertz CT molecular complexity index is 528. The van der Waals surface area contributed by atoms with Gasteiger partial charge in [-0.2, -0.15) is 0 Å². The lowest BCUT2D eigenvalue weighted by Gasteiger charge is -2.18. The highest BCUT2D eigenvalue weighted by molar-refractivity contribution is 6.06. The van der Waals surface area contributed by atoms with Crippen LogP contribution in [0.15, 0.2) is 37.2 Å². The van der Waals surface area contributed by atoms with E-state index in [0.717, 1.165) is 0 Å². The predicted molar refractivity (Wildman–Crippen MR) is 63.4 cm³/mol. The van der Waals surface area contributed by atoms with Gasteiger partial charge in [0.05, 0.1) is 23.1 Å². The van der Waals surface area contributed by atoms with Gasteiger partial charge in [-0.3, -0.25) is 9.78 Å². The summed E-state index contributed by atoms with van der Waals surface area (Å²) in [6.07, 6.45) is 7.38. The van der Waals surface area contributed by atoms with Crippen molar-refractivity contribution in [3.63, 3.8) is 0 Å². The summed E-state index contributed by atoms with van der Waals surface area (Å²) in [6, 6.07) is 1.68. The standard InChI is InChI=1S/C11H11N5O/c1-16(10-2-3-13-6-9(10)12)11(17)8-4-14-7-15-5-8/h2-7H,12H2,1H3. The van der Waals surface area contributed by atoms with E-state index in [1.165, 1.54) is 29.8 Å². The first kappa shape index (κ1) is 11.0. The molecule has 0 saturated heterocycles. The molecule has 1 amide bonds. The summed E-state index contributed by atoms with van der Waals surface area (Å²) in [5.41, 5.74) is 7.21. The van der Waals surface area contributed by atoms with Crippen LogP contribution < -0.4 is 10.6 Å². The van der Waals surface area contributed by atoms with Crippen LogP contribution in [0, 0.1) is 0 Å². The average molecular weight is 229 g/mol. The van der Waals surface area contributed by atoms with E-state index in [2.05, 4.69) is 15.0 Å². The highest BCUT2D eigenvalue weighted by Gasteiger charge is 2.15. The second kappa shape index (κ2) is 4.56. The lowest BCUT2D eigenvalue weighted by molar-refractivity contribution is 0.0992. The Hall–Kier alpha value is -2.50. The van der Waals surface area contributed by atoms with Gasteiger partial charge in [0.15, 0.2) is 0 Å². The van der Waals surface area contributed by atoms with Crippen LogP contribution in [-0.4, -0.2) is 27.9 Å². The molecule has 2 rings (SSSR count). The fourth-order valence-corrected chi connectivity index (χ4v) is 1.42. The van der Waals surface area contributed by atoms with Gasteiger partial charge in [-0.15, -0.1) is 0 Å². The third-order valence-electron chi connectivity index (χ3n) is 2.30. The molecule has 2 aromatic rings. The molecule has 6 nitrogen and oxygen atoms in total. The number of rotatable bonds is 2. The van der Waals surface area contributed by atoms with E-state index < -0.39 is 0 Å². The first-order valence-electron chi connectivity index (χ1n) is 4.92. The monoisotopic (exact) mass is 229 g/mol. The minimum Gasteiger partial charge on any atom is -0.396 e. The van der Waals surface area contributed by atoms with E-state index in [-0.39, 0.29) is 5.91 Å². The Morgan fingerprint density at radius 2 is 1.94 bits per heavy atom. The third-order valence-corrected chi connectivity index (χ3v) is 2.30. The SMILES string of the molecule is CN(C(=O)c1cncnc1)c1ccncc1N. The molecule has 0 aliphatic heterocycles. The summed E-state index contributed by atoms with van der Waals surface area (Å²) in [6.45, 7) is 0. The Morgan fingerprint density at radius 3 is 2.59 bits per heavy atom. The van der Waals surface area contributed by atoms with Crippen LogP contribution in [0.5, 0.6) is 0 Å². The third kappa shape index (κ3) is 2.20. The number of amides is 1. The van der Waals surface area contributed by atoms with Crippen molar-refractivity contribution in [2.45, 2.75) is 0 Å². The Morgan fingerprint density at radius 1 is 1.24 bits per heavy atom. The minimum absolute atomic E-state index is 0.219. The van der Waals surface area contributed by atoms with E-state index in [4.69, 9.17) is 5.73 Å². The Kier molecular flexibility index (Phi) is 2.95. The maximum absolute atomic E-state index is 12.1. The van der Waals surface area contributed by atoms with Crippen molar-refractivity contribution < 1.29 is 4.79 Å². The molecule has 0 aliphatic rings. The fourth-order valence-electron chi connectivity index (χ4n) is 1.42. The van der Waals surface area contributed by atoms with Crippen molar-refractivity contribution in [2.75, 3.05) is 17.7 Å². The smallest absolute Gasteiger partial charge is 0.261 e. The summed E-state index contributed by atoms with van der Waals surface area (Å²) in [7, 11) is 1.64. The molecule has 0 bridgehead atoms. The van der Waals surface area contributed by atoms with Gasteiger partial charge in [0.2, 0.25) is 0 Å². The van der Waals surface area contributed by atoms with Gasteiger partial charge in [0.1, 0.15) is 6.33 Å². The molecule has 0 unspecified atom stereocenters. The number of aromatic nitrogens is 3. The number of anilines is 2. The number of pyridine rings is 1. The first-order valence-corrected chi connectivity index (χ1v) is 4.92. The summed E-state index contributed by atoms with van der Waals surface area (Å²) in [5.74, 6) is -0.219. The molecule has 2 aromatic heterocycles. The maximum Gasteiger partial charge on any atom is 0.261 e. The largest absolute Gasteiger partial charge is 0.396 e. The van der Waals surface area contributed by atoms with Gasteiger partial charge in [-0.25, -0.2) is 9.97 Å². The minimum atomic E-state index is -0.219. The number of nitrogens with zero attached hydrogens (tertiary/aromatic N) is 4. The number of nitrogen functional groups attached to an aromatic ring is 1. The van der Waals surface area contributed by atoms with Gasteiger partial charge in [-0.1, -0.05) is 0 Å². The van der Waals surface area contributed by atoms with Crippen molar-refractivity contribution in [3.8, 4) is 0 Å². The van der Waals surface area contributed by atoms with E-state index in [0.29, 0.717) is 16.9 Å². The van der Waals surface area contributed by atoms with Crippen LogP contribution >= 0.6 is 0 Å². The molecular weight excluding hydrogens is 218 g/mol. The van der Waals surface area contributed by atoms with Crippen LogP contribution in [-0.2, 0) is 0 Å². The maximum atomic E-state index is 12.1. The lowest BCUT2D eigenvalue weighted by Crippen LogP contribution is -2.27. The van der Waals surface area contributed by atoms with Gasteiger partial charge in [-0.05, 0) is 6.07 Å². The fraction of sp³-hybridized carbons (Fsp3) is 0.0909. The molecule has 0 aliphatic carbocycles. The van der Waals surface area contributed by atoms with Crippen molar-refractivity contribution >= 4 is 17.3 Å². The molecule has 2 N–H and O–H groups in total. The van der Waals surface area contributed by atoms with Crippen molar-refractivity contribution in [3.05, 3.63) is 42.7 Å². The van der Waals surface area contributed by atoms with E-state index >= 15 is 0 Å². The summed E-state index contributed by atoms with van der Waals surface area (Å²) < 4.78 is 0. The van der Waals surface area contributed by atoms with E-state index in [1.54, 1.807) is 19.3 Å². The van der Waals surface area contributed by atoms with Gasteiger partial charge >= 0.3 is 0 Å². The first-order chi connectivity index (χ1) is 8.20. The number of carbonyl (C=O) groups excluding carboxylic acids is 1. The zero-order valence-corrected chi connectivity index (χ0v) is 9.24. The molecule has 86 valence electrons. The highest BCUT2D eigenvalue weighted by atomic mass is 16.2. The Balaban J connectivity index is 2.30. The molecule has 2 heterocycles. The molecule has 0 atom stereocenters. The van der Waals surface area contributed by atoms with Crippen molar-refractivity contribution in [2.24, 2.45) is 0 Å². The lowest BCUT2D eigenvalue weighted by atomic mass is 10.2. The summed E-state index contributed by atoms with van der Waals surface area (Å²) >= 11 is 0. The molecular formula is C11H11N5O. The molecule has 0 saturated carbocycles. The second-order valence-corrected chi connectivity index (χ2v) is 3.43. The number of carbonyl (C=O) groups is 1. The van der Waals surface area contributed by atoms with Crippen LogP contribution in [0.25, 0.3) is 0 Å².